The molecule has 0 saturated carbocycles. The highest BCUT2D eigenvalue weighted by atomic mass is 35.5. The maximum Gasteiger partial charge on any atom is 0.337 e. The minimum atomic E-state index is -1.16. The van der Waals surface area contributed by atoms with Gasteiger partial charge in [0.25, 0.3) is 5.56 Å². The van der Waals surface area contributed by atoms with Crippen molar-refractivity contribution >= 4 is 28.5 Å². The molecule has 0 amide bonds. The summed E-state index contributed by atoms with van der Waals surface area (Å²) < 4.78 is 7.52. The largest absolute Gasteiger partial charge is 0.479 e. The van der Waals surface area contributed by atoms with Gasteiger partial charge in [0.1, 0.15) is 0 Å². The SMILES string of the molecule is Cc1cc2c(ccc(=O)n2C)c(-c2ccc(Cl)cc2)c1C(OC(C)(C)C)C(=O)O. The molecule has 0 bridgehead atoms. The topological polar surface area (TPSA) is 68.5 Å². The first-order valence-electron chi connectivity index (χ1n) is 9.29. The number of nitrogens with zero attached hydrogens (tertiary/aromatic N) is 1. The summed E-state index contributed by atoms with van der Waals surface area (Å²) in [5, 5.41) is 11.4. The molecule has 5 nitrogen and oxygen atoms in total. The lowest BCUT2D eigenvalue weighted by molar-refractivity contribution is -0.160. The van der Waals surface area contributed by atoms with Gasteiger partial charge in [-0.25, -0.2) is 4.79 Å². The summed E-state index contributed by atoms with van der Waals surface area (Å²) in [4.78, 5) is 24.4. The van der Waals surface area contributed by atoms with Crippen LogP contribution in [0.4, 0.5) is 0 Å². The highest BCUT2D eigenvalue weighted by Gasteiger charge is 2.31. The molecule has 1 N–H and O–H groups in total. The van der Waals surface area contributed by atoms with E-state index in [2.05, 4.69) is 0 Å². The fourth-order valence-electron chi connectivity index (χ4n) is 3.51. The molecule has 0 spiro atoms. The summed E-state index contributed by atoms with van der Waals surface area (Å²) in [6, 6.07) is 12.3. The van der Waals surface area contributed by atoms with Gasteiger partial charge in [-0.05, 0) is 68.7 Å². The van der Waals surface area contributed by atoms with Gasteiger partial charge in [-0.1, -0.05) is 23.7 Å². The third-order valence-electron chi connectivity index (χ3n) is 4.77. The molecule has 3 rings (SSSR count). The van der Waals surface area contributed by atoms with Gasteiger partial charge in [0, 0.05) is 29.1 Å². The molecule has 3 aromatic rings. The van der Waals surface area contributed by atoms with E-state index in [1.54, 1.807) is 29.8 Å². The Labute approximate surface area is 174 Å². The standard InChI is InChI=1S/C23H24ClNO4/c1-13-12-17-16(10-11-18(26)25(17)5)20(14-6-8-15(24)9-7-14)19(13)21(22(27)28)29-23(2,3)4/h6-12,21H,1-5H3,(H,27,28). The third-order valence-corrected chi connectivity index (χ3v) is 5.02. The second-order valence-corrected chi connectivity index (χ2v) is 8.54. The molecule has 0 fully saturated rings. The Balaban J connectivity index is 2.45. The number of carbonyl (C=O) groups is 1. The van der Waals surface area contributed by atoms with Crippen molar-refractivity contribution in [3.63, 3.8) is 0 Å². The molecule has 29 heavy (non-hydrogen) atoms. The van der Waals surface area contributed by atoms with Crippen molar-refractivity contribution in [2.75, 3.05) is 0 Å². The quantitative estimate of drug-likeness (QED) is 0.645. The van der Waals surface area contributed by atoms with Crippen LogP contribution in [-0.4, -0.2) is 21.2 Å². The molecule has 1 unspecified atom stereocenters. The molecule has 1 heterocycles. The van der Waals surface area contributed by atoms with E-state index in [9.17, 15) is 14.7 Å². The molecule has 0 aliphatic heterocycles. The first-order valence-corrected chi connectivity index (χ1v) is 9.67. The van der Waals surface area contributed by atoms with Gasteiger partial charge >= 0.3 is 5.97 Å². The van der Waals surface area contributed by atoms with Crippen LogP contribution in [0.25, 0.3) is 22.0 Å². The zero-order valence-electron chi connectivity index (χ0n) is 17.1. The van der Waals surface area contributed by atoms with Gasteiger partial charge in [0.05, 0.1) is 11.1 Å². The molecule has 1 atom stereocenters. The van der Waals surface area contributed by atoms with Crippen molar-refractivity contribution in [1.82, 2.24) is 4.57 Å². The van der Waals surface area contributed by atoms with E-state index in [0.29, 0.717) is 10.6 Å². The number of hydrogen-bond acceptors (Lipinski definition) is 3. The Morgan fingerprint density at radius 3 is 2.31 bits per heavy atom. The van der Waals surface area contributed by atoms with Crippen LogP contribution in [0, 0.1) is 6.92 Å². The Kier molecular flexibility index (Phi) is 5.57. The van der Waals surface area contributed by atoms with Crippen LogP contribution in [0.15, 0.2) is 47.3 Å². The van der Waals surface area contributed by atoms with E-state index in [1.165, 1.54) is 6.07 Å². The van der Waals surface area contributed by atoms with Crippen molar-refractivity contribution < 1.29 is 14.6 Å². The molecule has 0 aliphatic carbocycles. The van der Waals surface area contributed by atoms with Crippen LogP contribution in [0.2, 0.25) is 5.02 Å². The number of fused-ring (bicyclic) bond motifs is 1. The van der Waals surface area contributed by atoms with Crippen LogP contribution in [0.1, 0.15) is 38.0 Å². The predicted octanol–water partition coefficient (Wildman–Crippen LogP) is 5.11. The van der Waals surface area contributed by atoms with E-state index in [-0.39, 0.29) is 5.56 Å². The molecular formula is C23H24ClNO4. The second kappa shape index (κ2) is 7.65. The maximum atomic E-state index is 12.2. The molecule has 1 aromatic heterocycles. The summed E-state index contributed by atoms with van der Waals surface area (Å²) in [7, 11) is 1.70. The summed E-state index contributed by atoms with van der Waals surface area (Å²) in [6.07, 6.45) is -1.16. The van der Waals surface area contributed by atoms with Crippen molar-refractivity contribution in [3.05, 3.63) is 69.0 Å². The van der Waals surface area contributed by atoms with Crippen LogP contribution in [0.5, 0.6) is 0 Å². The van der Waals surface area contributed by atoms with Gasteiger partial charge in [-0.3, -0.25) is 4.79 Å². The molecule has 152 valence electrons. The van der Waals surface area contributed by atoms with Crippen molar-refractivity contribution in [3.8, 4) is 11.1 Å². The molecule has 2 aromatic carbocycles. The van der Waals surface area contributed by atoms with E-state index in [1.807, 2.05) is 45.9 Å². The molecular weight excluding hydrogens is 390 g/mol. The Morgan fingerprint density at radius 1 is 1.14 bits per heavy atom. The number of benzene rings is 2. The fraction of sp³-hybridized carbons (Fsp3) is 0.304. The average Bonchev–Trinajstić information content (AvgIpc) is 2.62. The highest BCUT2D eigenvalue weighted by Crippen LogP contribution is 2.40. The number of rotatable bonds is 4. The Morgan fingerprint density at radius 2 is 1.76 bits per heavy atom. The molecule has 0 radical (unpaired) electrons. The number of aryl methyl sites for hydroxylation is 2. The van der Waals surface area contributed by atoms with Gasteiger partial charge in [0.2, 0.25) is 0 Å². The number of aromatic nitrogens is 1. The molecule has 0 aliphatic rings. The van der Waals surface area contributed by atoms with E-state index in [4.69, 9.17) is 16.3 Å². The number of ether oxygens (including phenoxy) is 1. The summed E-state index contributed by atoms with van der Waals surface area (Å²) in [6.45, 7) is 7.31. The Bertz CT molecular complexity index is 1140. The van der Waals surface area contributed by atoms with E-state index >= 15 is 0 Å². The van der Waals surface area contributed by atoms with Crippen LogP contribution in [-0.2, 0) is 16.6 Å². The third kappa shape index (κ3) is 4.21. The normalized spacial score (nSPS) is 12.9. The molecule has 6 heteroatoms. The zero-order chi connectivity index (χ0) is 21.5. The van der Waals surface area contributed by atoms with Crippen LogP contribution < -0.4 is 5.56 Å². The van der Waals surface area contributed by atoms with Crippen molar-refractivity contribution in [2.45, 2.75) is 39.4 Å². The summed E-state index contributed by atoms with van der Waals surface area (Å²) in [5.74, 6) is -1.07. The summed E-state index contributed by atoms with van der Waals surface area (Å²) in [5.41, 5.74) is 2.77. The first-order chi connectivity index (χ1) is 13.5. The van der Waals surface area contributed by atoms with Crippen molar-refractivity contribution in [2.24, 2.45) is 7.05 Å². The van der Waals surface area contributed by atoms with E-state index < -0.39 is 17.7 Å². The second-order valence-electron chi connectivity index (χ2n) is 8.10. The monoisotopic (exact) mass is 413 g/mol. The lowest BCUT2D eigenvalue weighted by Gasteiger charge is -2.28. The maximum absolute atomic E-state index is 12.2. The van der Waals surface area contributed by atoms with Gasteiger partial charge in [0.15, 0.2) is 6.10 Å². The smallest absolute Gasteiger partial charge is 0.337 e. The van der Waals surface area contributed by atoms with Gasteiger partial charge in [-0.2, -0.15) is 0 Å². The average molecular weight is 414 g/mol. The number of aliphatic carboxylic acids is 1. The number of carboxylic acid groups (broad SMARTS) is 1. The first kappa shape index (κ1) is 21.1. The lowest BCUT2D eigenvalue weighted by atomic mass is 9.88. The number of halogens is 1. The molecule has 0 saturated heterocycles. The number of hydrogen-bond donors (Lipinski definition) is 1. The van der Waals surface area contributed by atoms with Crippen molar-refractivity contribution in [1.29, 1.82) is 0 Å². The predicted molar refractivity (Wildman–Crippen MR) is 116 cm³/mol. The van der Waals surface area contributed by atoms with Crippen LogP contribution in [0.3, 0.4) is 0 Å². The highest BCUT2D eigenvalue weighted by molar-refractivity contribution is 6.30. The lowest BCUT2D eigenvalue weighted by Crippen LogP contribution is -2.28. The zero-order valence-corrected chi connectivity index (χ0v) is 17.9. The Hall–Kier alpha value is -2.63. The number of carboxylic acids is 1. The summed E-state index contributed by atoms with van der Waals surface area (Å²) >= 11 is 6.07. The minimum absolute atomic E-state index is 0.132. The van der Waals surface area contributed by atoms with Crippen LogP contribution >= 0.6 is 11.6 Å². The van der Waals surface area contributed by atoms with Gasteiger partial charge in [-0.15, -0.1) is 0 Å². The minimum Gasteiger partial charge on any atom is -0.479 e. The fourth-order valence-corrected chi connectivity index (χ4v) is 3.64. The van der Waals surface area contributed by atoms with Gasteiger partial charge < -0.3 is 14.4 Å². The number of pyridine rings is 1. The van der Waals surface area contributed by atoms with E-state index in [0.717, 1.165) is 27.6 Å².